The maximum atomic E-state index is 6.09. The van der Waals surface area contributed by atoms with Gasteiger partial charge < -0.3 is 5.32 Å². The lowest BCUT2D eigenvalue weighted by atomic mass is 10.3. The monoisotopic (exact) mass is 260 g/mol. The number of halogens is 1. The highest BCUT2D eigenvalue weighted by Gasteiger charge is 2.04. The molecule has 0 amide bonds. The van der Waals surface area contributed by atoms with E-state index in [4.69, 9.17) is 11.6 Å². The number of aromatic nitrogens is 1. The largest absolute Gasteiger partial charge is 0.330 e. The molecule has 84 valence electrons. The van der Waals surface area contributed by atoms with E-state index in [2.05, 4.69) is 16.4 Å². The normalized spacial score (nSPS) is 10.6. The van der Waals surface area contributed by atoms with Crippen LogP contribution in [0.3, 0.4) is 0 Å². The van der Waals surface area contributed by atoms with Gasteiger partial charge in [0.15, 0.2) is 5.13 Å². The molecule has 17 heavy (non-hydrogen) atoms. The minimum Gasteiger partial charge on any atom is -0.330 e. The molecule has 0 radical (unpaired) electrons. The van der Waals surface area contributed by atoms with Gasteiger partial charge in [0.05, 0.1) is 20.9 Å². The Morgan fingerprint density at radius 1 is 1.00 bits per heavy atom. The van der Waals surface area contributed by atoms with E-state index in [9.17, 15) is 0 Å². The van der Waals surface area contributed by atoms with Crippen molar-refractivity contribution in [2.45, 2.75) is 0 Å². The first-order chi connectivity index (χ1) is 8.33. The molecular formula is C13H9ClN2S. The van der Waals surface area contributed by atoms with Gasteiger partial charge in [0.2, 0.25) is 0 Å². The molecule has 1 aromatic heterocycles. The van der Waals surface area contributed by atoms with Crippen molar-refractivity contribution < 1.29 is 0 Å². The number of nitrogens with one attached hydrogen (secondary N) is 1. The predicted octanol–water partition coefficient (Wildman–Crippen LogP) is 4.69. The van der Waals surface area contributed by atoms with Crippen molar-refractivity contribution in [3.63, 3.8) is 0 Å². The van der Waals surface area contributed by atoms with Crippen LogP contribution in [-0.4, -0.2) is 4.98 Å². The first kappa shape index (κ1) is 10.6. The topological polar surface area (TPSA) is 24.9 Å². The molecule has 0 bridgehead atoms. The lowest BCUT2D eigenvalue weighted by Crippen LogP contribution is -1.89. The first-order valence-corrected chi connectivity index (χ1v) is 6.39. The SMILES string of the molecule is Clc1ccccc1Nc1nc2ccccc2s1. The van der Waals surface area contributed by atoms with Crippen LogP contribution in [0.4, 0.5) is 10.8 Å². The summed E-state index contributed by atoms with van der Waals surface area (Å²) in [7, 11) is 0. The Kier molecular flexibility index (Phi) is 2.71. The summed E-state index contributed by atoms with van der Waals surface area (Å²) in [5, 5.41) is 4.80. The van der Waals surface area contributed by atoms with Gasteiger partial charge in [-0.3, -0.25) is 0 Å². The molecule has 2 nitrogen and oxygen atoms in total. The van der Waals surface area contributed by atoms with Gasteiger partial charge in [-0.1, -0.05) is 47.2 Å². The van der Waals surface area contributed by atoms with E-state index in [1.807, 2.05) is 42.5 Å². The average molecular weight is 261 g/mol. The molecule has 0 spiro atoms. The van der Waals surface area contributed by atoms with Crippen LogP contribution in [0.5, 0.6) is 0 Å². The third-order valence-corrected chi connectivity index (χ3v) is 3.69. The van der Waals surface area contributed by atoms with Crippen molar-refractivity contribution in [1.82, 2.24) is 4.98 Å². The Balaban J connectivity index is 1.98. The molecule has 0 saturated carbocycles. The first-order valence-electron chi connectivity index (χ1n) is 5.20. The summed E-state index contributed by atoms with van der Waals surface area (Å²) in [5.41, 5.74) is 1.89. The third kappa shape index (κ3) is 2.12. The molecule has 1 heterocycles. The number of anilines is 2. The molecular weight excluding hydrogens is 252 g/mol. The van der Waals surface area contributed by atoms with Gasteiger partial charge in [-0.05, 0) is 24.3 Å². The maximum absolute atomic E-state index is 6.09. The standard InChI is InChI=1S/C13H9ClN2S/c14-9-5-1-2-6-10(9)15-13-16-11-7-3-4-8-12(11)17-13/h1-8H,(H,15,16). The molecule has 0 atom stereocenters. The molecule has 4 heteroatoms. The van der Waals surface area contributed by atoms with Crippen molar-refractivity contribution in [3.05, 3.63) is 53.6 Å². The highest BCUT2D eigenvalue weighted by molar-refractivity contribution is 7.22. The molecule has 3 aromatic rings. The van der Waals surface area contributed by atoms with E-state index in [1.165, 1.54) is 4.70 Å². The molecule has 0 aliphatic heterocycles. The molecule has 0 aliphatic carbocycles. The minimum absolute atomic E-state index is 0.701. The van der Waals surface area contributed by atoms with Crippen molar-refractivity contribution in [1.29, 1.82) is 0 Å². The second-order valence-electron chi connectivity index (χ2n) is 3.59. The zero-order valence-electron chi connectivity index (χ0n) is 8.85. The molecule has 1 N–H and O–H groups in total. The number of thiazole rings is 1. The highest BCUT2D eigenvalue weighted by Crippen LogP contribution is 2.30. The molecule has 2 aromatic carbocycles. The number of hydrogen-bond acceptors (Lipinski definition) is 3. The molecule has 0 aliphatic rings. The van der Waals surface area contributed by atoms with Gasteiger partial charge in [0, 0.05) is 0 Å². The zero-order chi connectivity index (χ0) is 11.7. The van der Waals surface area contributed by atoms with Gasteiger partial charge in [0.1, 0.15) is 0 Å². The maximum Gasteiger partial charge on any atom is 0.188 e. The zero-order valence-corrected chi connectivity index (χ0v) is 10.4. The van der Waals surface area contributed by atoms with E-state index >= 15 is 0 Å². The second-order valence-corrected chi connectivity index (χ2v) is 5.03. The van der Waals surface area contributed by atoms with Gasteiger partial charge >= 0.3 is 0 Å². The molecule has 0 saturated heterocycles. The highest BCUT2D eigenvalue weighted by atomic mass is 35.5. The molecule has 0 unspecified atom stereocenters. The summed E-state index contributed by atoms with van der Waals surface area (Å²) in [6.07, 6.45) is 0. The number of para-hydroxylation sites is 2. The summed E-state index contributed by atoms with van der Waals surface area (Å²) in [6.45, 7) is 0. The van der Waals surface area contributed by atoms with Gasteiger partial charge in [0.25, 0.3) is 0 Å². The number of benzene rings is 2. The third-order valence-electron chi connectivity index (χ3n) is 2.41. The Bertz CT molecular complexity index is 630. The Morgan fingerprint density at radius 3 is 2.59 bits per heavy atom. The second kappa shape index (κ2) is 4.35. The minimum atomic E-state index is 0.701. The predicted molar refractivity (Wildman–Crippen MR) is 74.4 cm³/mol. The van der Waals surface area contributed by atoms with Crippen molar-refractivity contribution in [2.75, 3.05) is 5.32 Å². The van der Waals surface area contributed by atoms with Crippen LogP contribution in [-0.2, 0) is 0 Å². The molecule has 3 rings (SSSR count). The van der Waals surface area contributed by atoms with Gasteiger partial charge in [-0.2, -0.15) is 0 Å². The lowest BCUT2D eigenvalue weighted by Gasteiger charge is -2.03. The van der Waals surface area contributed by atoms with E-state index in [1.54, 1.807) is 11.3 Å². The van der Waals surface area contributed by atoms with Crippen molar-refractivity contribution in [2.24, 2.45) is 0 Å². The van der Waals surface area contributed by atoms with Crippen molar-refractivity contribution >= 4 is 44.0 Å². The van der Waals surface area contributed by atoms with Crippen LogP contribution in [0.1, 0.15) is 0 Å². The van der Waals surface area contributed by atoms with E-state index < -0.39 is 0 Å². The Morgan fingerprint density at radius 2 is 1.76 bits per heavy atom. The Hall–Kier alpha value is -1.58. The number of hydrogen-bond donors (Lipinski definition) is 1. The van der Waals surface area contributed by atoms with Crippen LogP contribution in [0.25, 0.3) is 10.2 Å². The average Bonchev–Trinajstić information content (AvgIpc) is 2.74. The lowest BCUT2D eigenvalue weighted by molar-refractivity contribution is 1.44. The number of nitrogens with zero attached hydrogens (tertiary/aromatic N) is 1. The summed E-state index contributed by atoms with van der Waals surface area (Å²) in [4.78, 5) is 4.50. The van der Waals surface area contributed by atoms with Crippen molar-refractivity contribution in [3.8, 4) is 0 Å². The van der Waals surface area contributed by atoms with Crippen LogP contribution in [0.15, 0.2) is 48.5 Å². The summed E-state index contributed by atoms with van der Waals surface area (Å²) < 4.78 is 1.17. The number of rotatable bonds is 2. The van der Waals surface area contributed by atoms with Crippen LogP contribution >= 0.6 is 22.9 Å². The van der Waals surface area contributed by atoms with E-state index in [0.29, 0.717) is 5.02 Å². The van der Waals surface area contributed by atoms with Crippen LogP contribution < -0.4 is 5.32 Å². The van der Waals surface area contributed by atoms with Gasteiger partial charge in [-0.25, -0.2) is 4.98 Å². The summed E-state index contributed by atoms with van der Waals surface area (Å²) in [5.74, 6) is 0. The summed E-state index contributed by atoms with van der Waals surface area (Å²) >= 11 is 7.71. The molecule has 0 fully saturated rings. The fourth-order valence-electron chi connectivity index (χ4n) is 1.60. The van der Waals surface area contributed by atoms with Crippen LogP contribution in [0, 0.1) is 0 Å². The van der Waals surface area contributed by atoms with Crippen LogP contribution in [0.2, 0.25) is 5.02 Å². The van der Waals surface area contributed by atoms with E-state index in [0.717, 1.165) is 16.3 Å². The Labute approximate surface area is 108 Å². The summed E-state index contributed by atoms with van der Waals surface area (Å²) in [6, 6.07) is 15.7. The smallest absolute Gasteiger partial charge is 0.188 e. The fourth-order valence-corrected chi connectivity index (χ4v) is 2.66. The van der Waals surface area contributed by atoms with E-state index in [-0.39, 0.29) is 0 Å². The quantitative estimate of drug-likeness (QED) is 0.723. The fraction of sp³-hybridized carbons (Fsp3) is 0. The number of fused-ring (bicyclic) bond motifs is 1. The van der Waals surface area contributed by atoms with Gasteiger partial charge in [-0.15, -0.1) is 0 Å².